The van der Waals surface area contributed by atoms with Crippen LogP contribution in [-0.4, -0.2) is 19.4 Å². The molecule has 1 saturated carbocycles. The normalized spacial score (nSPS) is 20.8. The second kappa shape index (κ2) is 3.97. The Morgan fingerprint density at radius 1 is 1.50 bits per heavy atom. The number of carbonyl (C=O) groups excluding carboxylic acids is 1. The molecule has 0 aromatic carbocycles. The molecule has 12 heavy (non-hydrogen) atoms. The molecule has 0 N–H and O–H groups in total. The Bertz CT molecular complexity index is 162. The van der Waals surface area contributed by atoms with E-state index in [0.29, 0.717) is 12.7 Å². The van der Waals surface area contributed by atoms with Crippen LogP contribution >= 0.6 is 0 Å². The Balaban J connectivity index is 2.33. The van der Waals surface area contributed by atoms with Crippen molar-refractivity contribution in [3.63, 3.8) is 0 Å². The third-order valence-corrected chi connectivity index (χ3v) is 2.37. The first kappa shape index (κ1) is 9.62. The van der Waals surface area contributed by atoms with E-state index in [1.54, 1.807) is 0 Å². The first-order valence-electron chi connectivity index (χ1n) is 4.58. The molecule has 0 unspecified atom stereocenters. The van der Waals surface area contributed by atoms with Gasteiger partial charge in [-0.3, -0.25) is 4.79 Å². The van der Waals surface area contributed by atoms with Crippen LogP contribution in [0.4, 0.5) is 0 Å². The summed E-state index contributed by atoms with van der Waals surface area (Å²) in [5.74, 6) is -0.151. The molecule has 0 bridgehead atoms. The molecule has 1 rings (SSSR count). The van der Waals surface area contributed by atoms with Crippen LogP contribution in [0.1, 0.15) is 39.0 Å². The number of ether oxygens (including phenoxy) is 1. The standard InChI is InChI=1S/C9H15BO2/c1-9(5-2-3-6-9)12-8(11)4-7-10/h2-7H2,1H3. The molecule has 0 saturated heterocycles. The van der Waals surface area contributed by atoms with Crippen molar-refractivity contribution in [2.45, 2.75) is 50.9 Å². The summed E-state index contributed by atoms with van der Waals surface area (Å²) in [5, 5.41) is 0. The molecule has 0 amide bonds. The Hall–Kier alpha value is -0.465. The van der Waals surface area contributed by atoms with Crippen LogP contribution in [0.3, 0.4) is 0 Å². The minimum absolute atomic E-state index is 0.151. The number of rotatable bonds is 3. The highest BCUT2D eigenvalue weighted by atomic mass is 16.6. The molecule has 66 valence electrons. The summed E-state index contributed by atoms with van der Waals surface area (Å²) in [6.07, 6.45) is 5.08. The maximum atomic E-state index is 11.1. The molecule has 0 aromatic rings. The van der Waals surface area contributed by atoms with E-state index < -0.39 is 0 Å². The zero-order chi connectivity index (χ0) is 9.03. The lowest BCUT2D eigenvalue weighted by Gasteiger charge is -2.23. The van der Waals surface area contributed by atoms with Crippen LogP contribution < -0.4 is 0 Å². The Morgan fingerprint density at radius 3 is 2.58 bits per heavy atom. The zero-order valence-electron chi connectivity index (χ0n) is 7.64. The van der Waals surface area contributed by atoms with Gasteiger partial charge in [-0.05, 0) is 32.6 Å². The monoisotopic (exact) mass is 166 g/mol. The Morgan fingerprint density at radius 2 is 2.08 bits per heavy atom. The van der Waals surface area contributed by atoms with Crippen LogP contribution in [0.15, 0.2) is 0 Å². The van der Waals surface area contributed by atoms with Crippen LogP contribution in [0.2, 0.25) is 6.32 Å². The first-order valence-corrected chi connectivity index (χ1v) is 4.58. The lowest BCUT2D eigenvalue weighted by Crippen LogP contribution is -2.27. The van der Waals surface area contributed by atoms with Crippen LogP contribution in [0.25, 0.3) is 0 Å². The zero-order valence-corrected chi connectivity index (χ0v) is 7.64. The summed E-state index contributed by atoms with van der Waals surface area (Å²) < 4.78 is 5.32. The van der Waals surface area contributed by atoms with E-state index in [4.69, 9.17) is 12.6 Å². The highest BCUT2D eigenvalue weighted by Gasteiger charge is 2.31. The van der Waals surface area contributed by atoms with Gasteiger partial charge in [0.15, 0.2) is 0 Å². The molecule has 0 aromatic heterocycles. The Kier molecular flexibility index (Phi) is 3.18. The van der Waals surface area contributed by atoms with Crippen LogP contribution in [-0.2, 0) is 9.53 Å². The predicted molar refractivity (Wildman–Crippen MR) is 48.1 cm³/mol. The van der Waals surface area contributed by atoms with E-state index in [1.807, 2.05) is 6.92 Å². The van der Waals surface area contributed by atoms with Crippen LogP contribution in [0, 0.1) is 0 Å². The highest BCUT2D eigenvalue weighted by Crippen LogP contribution is 2.32. The van der Waals surface area contributed by atoms with Crippen molar-refractivity contribution < 1.29 is 9.53 Å². The summed E-state index contributed by atoms with van der Waals surface area (Å²) in [6.45, 7) is 2.01. The second-order valence-corrected chi connectivity index (χ2v) is 3.67. The van der Waals surface area contributed by atoms with Crippen molar-refractivity contribution >= 4 is 13.8 Å². The number of hydrogen-bond acceptors (Lipinski definition) is 2. The molecule has 0 spiro atoms. The lowest BCUT2D eigenvalue weighted by atomic mass is 10.0. The van der Waals surface area contributed by atoms with Gasteiger partial charge in [-0.15, -0.1) is 0 Å². The van der Waals surface area contributed by atoms with E-state index in [9.17, 15) is 4.79 Å². The molecule has 1 aliphatic carbocycles. The van der Waals surface area contributed by atoms with Gasteiger partial charge < -0.3 is 4.74 Å². The highest BCUT2D eigenvalue weighted by molar-refractivity contribution is 6.09. The number of esters is 1. The molecule has 1 fully saturated rings. The third-order valence-electron chi connectivity index (χ3n) is 2.37. The fourth-order valence-electron chi connectivity index (χ4n) is 1.67. The van der Waals surface area contributed by atoms with Crippen molar-refractivity contribution in [2.24, 2.45) is 0 Å². The predicted octanol–water partition coefficient (Wildman–Crippen LogP) is 1.84. The van der Waals surface area contributed by atoms with Crippen molar-refractivity contribution in [1.82, 2.24) is 0 Å². The van der Waals surface area contributed by atoms with Gasteiger partial charge in [0.25, 0.3) is 0 Å². The molecule has 0 atom stereocenters. The van der Waals surface area contributed by atoms with E-state index in [-0.39, 0.29) is 11.6 Å². The summed E-state index contributed by atoms with van der Waals surface area (Å²) in [5.41, 5.74) is -0.188. The number of hydrogen-bond donors (Lipinski definition) is 0. The molecule has 1 aliphatic rings. The fraction of sp³-hybridized carbons (Fsp3) is 0.889. The minimum atomic E-state index is -0.188. The second-order valence-electron chi connectivity index (χ2n) is 3.67. The van der Waals surface area contributed by atoms with Crippen molar-refractivity contribution in [3.8, 4) is 0 Å². The van der Waals surface area contributed by atoms with Gasteiger partial charge in [-0.25, -0.2) is 0 Å². The average Bonchev–Trinajstić information content (AvgIpc) is 2.36. The van der Waals surface area contributed by atoms with Gasteiger partial charge in [0.05, 0.1) is 7.85 Å². The Labute approximate surface area is 75.1 Å². The quantitative estimate of drug-likeness (QED) is 0.472. The third kappa shape index (κ3) is 2.54. The fourth-order valence-corrected chi connectivity index (χ4v) is 1.67. The molecule has 2 nitrogen and oxygen atoms in total. The maximum Gasteiger partial charge on any atom is 0.305 e. The van der Waals surface area contributed by atoms with Crippen LogP contribution in [0.5, 0.6) is 0 Å². The van der Waals surface area contributed by atoms with Gasteiger partial charge in [0.1, 0.15) is 5.60 Å². The summed E-state index contributed by atoms with van der Waals surface area (Å²) in [7, 11) is 5.25. The molecular formula is C9H15BO2. The van der Waals surface area contributed by atoms with Gasteiger partial charge >= 0.3 is 5.97 Å². The molecule has 0 heterocycles. The van der Waals surface area contributed by atoms with Gasteiger partial charge in [-0.1, -0.05) is 6.32 Å². The summed E-state index contributed by atoms with van der Waals surface area (Å²) in [6, 6.07) is 0. The maximum absolute atomic E-state index is 11.1. The molecule has 0 aliphatic heterocycles. The largest absolute Gasteiger partial charge is 0.459 e. The minimum Gasteiger partial charge on any atom is -0.459 e. The average molecular weight is 166 g/mol. The molecule has 2 radical (unpaired) electrons. The first-order chi connectivity index (χ1) is 5.66. The van der Waals surface area contributed by atoms with E-state index in [1.165, 1.54) is 12.8 Å². The smallest absolute Gasteiger partial charge is 0.305 e. The summed E-state index contributed by atoms with van der Waals surface area (Å²) in [4.78, 5) is 11.1. The van der Waals surface area contributed by atoms with Gasteiger partial charge in [0, 0.05) is 6.42 Å². The topological polar surface area (TPSA) is 26.3 Å². The molecular weight excluding hydrogens is 151 g/mol. The van der Waals surface area contributed by atoms with E-state index >= 15 is 0 Å². The number of carbonyl (C=O) groups is 1. The van der Waals surface area contributed by atoms with Crippen molar-refractivity contribution in [1.29, 1.82) is 0 Å². The van der Waals surface area contributed by atoms with Crippen molar-refractivity contribution in [2.75, 3.05) is 0 Å². The van der Waals surface area contributed by atoms with E-state index in [0.717, 1.165) is 12.8 Å². The van der Waals surface area contributed by atoms with E-state index in [2.05, 4.69) is 0 Å². The summed E-state index contributed by atoms with van der Waals surface area (Å²) >= 11 is 0. The SMILES string of the molecule is [B]CCC(=O)OC1(C)CCCC1. The molecule has 3 heteroatoms. The van der Waals surface area contributed by atoms with Gasteiger partial charge in [0.2, 0.25) is 0 Å². The lowest BCUT2D eigenvalue weighted by molar-refractivity contribution is -0.157. The van der Waals surface area contributed by atoms with Crippen molar-refractivity contribution in [3.05, 3.63) is 0 Å². The van der Waals surface area contributed by atoms with Gasteiger partial charge in [-0.2, -0.15) is 0 Å².